The van der Waals surface area contributed by atoms with Gasteiger partial charge in [-0.25, -0.2) is 4.79 Å². The number of carboxylic acids is 1. The smallest absolute Gasteiger partial charge is 0.337 e. The molecule has 0 radical (unpaired) electrons. The van der Waals surface area contributed by atoms with E-state index in [2.05, 4.69) is 4.98 Å². The highest BCUT2D eigenvalue weighted by molar-refractivity contribution is 7.15. The van der Waals surface area contributed by atoms with E-state index in [9.17, 15) is 4.79 Å². The first-order valence-corrected chi connectivity index (χ1v) is 5.22. The molecule has 4 nitrogen and oxygen atoms in total. The monoisotopic (exact) mass is 230 g/mol. The van der Waals surface area contributed by atoms with Crippen molar-refractivity contribution in [1.29, 1.82) is 5.26 Å². The van der Waals surface area contributed by atoms with Crippen LogP contribution >= 0.6 is 11.3 Å². The predicted molar refractivity (Wildman–Crippen MR) is 59.2 cm³/mol. The Morgan fingerprint density at radius 1 is 1.38 bits per heavy atom. The molecule has 0 aliphatic carbocycles. The highest BCUT2D eigenvalue weighted by Crippen LogP contribution is 2.25. The average Bonchev–Trinajstić information content (AvgIpc) is 2.77. The summed E-state index contributed by atoms with van der Waals surface area (Å²) < 4.78 is 0. The number of aromatic carboxylic acids is 1. The molecule has 0 atom stereocenters. The lowest BCUT2D eigenvalue weighted by atomic mass is 10.2. The second-order valence-corrected chi connectivity index (χ2v) is 4.10. The third-order valence-electron chi connectivity index (χ3n) is 1.98. The van der Waals surface area contributed by atoms with E-state index in [-0.39, 0.29) is 5.56 Å². The molecule has 0 bridgehead atoms. The van der Waals surface area contributed by atoms with Crippen molar-refractivity contribution in [2.24, 2.45) is 0 Å². The lowest BCUT2D eigenvalue weighted by Crippen LogP contribution is -1.96. The van der Waals surface area contributed by atoms with Crippen molar-refractivity contribution < 1.29 is 9.90 Å². The third-order valence-corrected chi connectivity index (χ3v) is 2.99. The van der Waals surface area contributed by atoms with Crippen LogP contribution in [0.4, 0.5) is 0 Å². The number of hydrogen-bond donors (Lipinski definition) is 1. The summed E-state index contributed by atoms with van der Waals surface area (Å²) in [4.78, 5) is 16.1. The molecule has 0 aliphatic heterocycles. The first-order chi connectivity index (χ1) is 7.70. The lowest BCUT2D eigenvalue weighted by Gasteiger charge is -1.96. The largest absolute Gasteiger partial charge is 0.478 e. The van der Waals surface area contributed by atoms with Gasteiger partial charge < -0.3 is 5.11 Å². The maximum absolute atomic E-state index is 10.6. The summed E-state index contributed by atoms with van der Waals surface area (Å²) in [7, 11) is 0. The first kappa shape index (κ1) is 10.3. The minimum absolute atomic E-state index is 0.154. The van der Waals surface area contributed by atoms with Crippen LogP contribution in [0.5, 0.6) is 0 Å². The second-order valence-electron chi connectivity index (χ2n) is 3.01. The van der Waals surface area contributed by atoms with Crippen molar-refractivity contribution in [2.45, 2.75) is 0 Å². The van der Waals surface area contributed by atoms with E-state index < -0.39 is 5.97 Å². The van der Waals surface area contributed by atoms with Crippen molar-refractivity contribution in [3.8, 4) is 16.6 Å². The van der Waals surface area contributed by atoms with Crippen molar-refractivity contribution in [2.75, 3.05) is 0 Å². The molecule has 2 aromatic rings. The summed E-state index contributed by atoms with van der Waals surface area (Å²) in [6, 6.07) is 8.69. The second kappa shape index (κ2) is 4.13. The molecule has 0 fully saturated rings. The molecule has 0 spiro atoms. The molecular formula is C11H6N2O2S. The minimum atomic E-state index is -0.997. The lowest BCUT2D eigenvalue weighted by molar-refractivity contribution is 0.0696. The number of rotatable bonds is 2. The summed E-state index contributed by atoms with van der Waals surface area (Å²) in [6.45, 7) is 0. The van der Waals surface area contributed by atoms with E-state index in [4.69, 9.17) is 10.4 Å². The number of nitrogens with zero attached hydrogens (tertiary/aromatic N) is 2. The maximum Gasteiger partial charge on any atom is 0.337 e. The Morgan fingerprint density at radius 3 is 2.69 bits per heavy atom. The number of pyridine rings is 1. The molecule has 1 N–H and O–H groups in total. The molecule has 0 amide bonds. The van der Waals surface area contributed by atoms with Crippen LogP contribution in [0.1, 0.15) is 15.2 Å². The zero-order valence-electron chi connectivity index (χ0n) is 8.04. The number of thiophene rings is 1. The summed E-state index contributed by atoms with van der Waals surface area (Å²) in [6.07, 6.45) is 1.31. The van der Waals surface area contributed by atoms with Crippen LogP contribution in [0.15, 0.2) is 30.5 Å². The van der Waals surface area contributed by atoms with E-state index in [0.717, 1.165) is 4.88 Å². The SMILES string of the molecule is N#Cc1ccc(-c2ccc(C(=O)O)cn2)s1. The van der Waals surface area contributed by atoms with Crippen LogP contribution in [0.3, 0.4) is 0 Å². The van der Waals surface area contributed by atoms with Crippen LogP contribution in [0.25, 0.3) is 10.6 Å². The van der Waals surface area contributed by atoms with Crippen molar-refractivity contribution in [3.63, 3.8) is 0 Å². The van der Waals surface area contributed by atoms with Gasteiger partial charge in [-0.05, 0) is 24.3 Å². The van der Waals surface area contributed by atoms with Crippen LogP contribution in [0.2, 0.25) is 0 Å². The molecular weight excluding hydrogens is 224 g/mol. The molecule has 0 unspecified atom stereocenters. The van der Waals surface area contributed by atoms with E-state index in [0.29, 0.717) is 10.6 Å². The molecule has 0 saturated carbocycles. The molecule has 0 saturated heterocycles. The van der Waals surface area contributed by atoms with Gasteiger partial charge in [-0.1, -0.05) is 0 Å². The Kier molecular flexibility index (Phi) is 2.66. The zero-order valence-corrected chi connectivity index (χ0v) is 8.86. The van der Waals surface area contributed by atoms with Crippen molar-refractivity contribution >= 4 is 17.3 Å². The number of aromatic nitrogens is 1. The molecule has 16 heavy (non-hydrogen) atoms. The number of nitriles is 1. The highest BCUT2D eigenvalue weighted by atomic mass is 32.1. The Bertz CT molecular complexity index is 566. The fraction of sp³-hybridized carbons (Fsp3) is 0. The fourth-order valence-electron chi connectivity index (χ4n) is 1.20. The van der Waals surface area contributed by atoms with E-state index in [1.165, 1.54) is 23.6 Å². The molecule has 0 aromatic carbocycles. The molecule has 78 valence electrons. The van der Waals surface area contributed by atoms with Crippen LogP contribution < -0.4 is 0 Å². The number of carbonyl (C=O) groups is 1. The quantitative estimate of drug-likeness (QED) is 0.859. The molecule has 2 heterocycles. The van der Waals surface area contributed by atoms with Gasteiger partial charge >= 0.3 is 5.97 Å². The Balaban J connectivity index is 2.35. The van der Waals surface area contributed by atoms with Gasteiger partial charge in [-0.3, -0.25) is 4.98 Å². The molecule has 5 heteroatoms. The van der Waals surface area contributed by atoms with Crippen LogP contribution in [0, 0.1) is 11.3 Å². The number of hydrogen-bond acceptors (Lipinski definition) is 4. The van der Waals surface area contributed by atoms with Crippen molar-refractivity contribution in [3.05, 3.63) is 40.9 Å². The van der Waals surface area contributed by atoms with E-state index in [1.54, 1.807) is 18.2 Å². The molecule has 0 aliphatic rings. The van der Waals surface area contributed by atoms with Gasteiger partial charge in [0, 0.05) is 6.20 Å². The summed E-state index contributed by atoms with van der Waals surface area (Å²) >= 11 is 1.33. The summed E-state index contributed by atoms with van der Waals surface area (Å²) in [5.74, 6) is -0.997. The maximum atomic E-state index is 10.6. The predicted octanol–water partition coefficient (Wildman–Crippen LogP) is 2.38. The molecule has 2 aromatic heterocycles. The number of carboxylic acid groups (broad SMARTS) is 1. The van der Waals surface area contributed by atoms with Crippen LogP contribution in [-0.2, 0) is 0 Å². The van der Waals surface area contributed by atoms with E-state index in [1.807, 2.05) is 6.07 Å². The highest BCUT2D eigenvalue weighted by Gasteiger charge is 2.06. The van der Waals surface area contributed by atoms with Gasteiger partial charge in [0.1, 0.15) is 10.9 Å². The first-order valence-electron chi connectivity index (χ1n) is 4.40. The minimum Gasteiger partial charge on any atom is -0.478 e. The van der Waals surface area contributed by atoms with Gasteiger partial charge in [0.05, 0.1) is 16.1 Å². The van der Waals surface area contributed by atoms with E-state index >= 15 is 0 Å². The van der Waals surface area contributed by atoms with Gasteiger partial charge in [-0.2, -0.15) is 5.26 Å². The normalized spacial score (nSPS) is 9.69. The fourth-order valence-corrected chi connectivity index (χ4v) is 1.98. The Morgan fingerprint density at radius 2 is 2.19 bits per heavy atom. The standard InChI is InChI=1S/C11H6N2O2S/c12-5-8-2-4-10(16-8)9-3-1-7(6-13-9)11(14)15/h1-4,6H,(H,14,15). The summed E-state index contributed by atoms with van der Waals surface area (Å²) in [5.41, 5.74) is 0.831. The van der Waals surface area contributed by atoms with Crippen LogP contribution in [-0.4, -0.2) is 16.1 Å². The summed E-state index contributed by atoms with van der Waals surface area (Å²) in [5, 5.41) is 17.4. The van der Waals surface area contributed by atoms with Gasteiger partial charge in [0.15, 0.2) is 0 Å². The van der Waals surface area contributed by atoms with Gasteiger partial charge in [-0.15, -0.1) is 11.3 Å². The van der Waals surface area contributed by atoms with Gasteiger partial charge in [0.25, 0.3) is 0 Å². The van der Waals surface area contributed by atoms with Gasteiger partial charge in [0.2, 0.25) is 0 Å². The molecule has 2 rings (SSSR count). The average molecular weight is 230 g/mol. The van der Waals surface area contributed by atoms with Crippen molar-refractivity contribution in [1.82, 2.24) is 4.98 Å². The Hall–Kier alpha value is -2.19. The zero-order chi connectivity index (χ0) is 11.5. The Labute approximate surface area is 95.4 Å². The third kappa shape index (κ3) is 1.92. The topological polar surface area (TPSA) is 74.0 Å².